The van der Waals surface area contributed by atoms with Crippen molar-refractivity contribution in [3.63, 3.8) is 0 Å². The van der Waals surface area contributed by atoms with Crippen molar-refractivity contribution in [1.29, 1.82) is 0 Å². The summed E-state index contributed by atoms with van der Waals surface area (Å²) in [6.45, 7) is 8.14. The number of hydrogen-bond acceptors (Lipinski definition) is 3. The van der Waals surface area contributed by atoms with Crippen LogP contribution in [-0.2, 0) is 6.54 Å². The van der Waals surface area contributed by atoms with Crippen molar-refractivity contribution in [2.75, 3.05) is 18.0 Å². The molecule has 0 aliphatic carbocycles. The smallest absolute Gasteiger partial charge is 0.136 e. The van der Waals surface area contributed by atoms with E-state index in [4.69, 9.17) is 5.73 Å². The van der Waals surface area contributed by atoms with Crippen LogP contribution in [-0.4, -0.2) is 18.1 Å². The van der Waals surface area contributed by atoms with Gasteiger partial charge in [0.2, 0.25) is 0 Å². The monoisotopic (exact) mass is 241 g/mol. The van der Waals surface area contributed by atoms with Crippen LogP contribution in [0.15, 0.2) is 43.1 Å². The van der Waals surface area contributed by atoms with E-state index in [1.807, 2.05) is 24.4 Å². The minimum atomic E-state index is 0.515. The highest BCUT2D eigenvalue weighted by Gasteiger charge is 2.10. The predicted octanol–water partition coefficient (Wildman–Crippen LogP) is 2.71. The summed E-state index contributed by atoms with van der Waals surface area (Å²) in [5, 5.41) is 2.34. The van der Waals surface area contributed by atoms with E-state index in [2.05, 4.69) is 35.5 Å². The average molecular weight is 241 g/mol. The second-order valence-electron chi connectivity index (χ2n) is 4.18. The Labute approximate surface area is 108 Å². The molecule has 1 aromatic carbocycles. The van der Waals surface area contributed by atoms with Crippen LogP contribution in [0.4, 0.5) is 5.82 Å². The average Bonchev–Trinajstić information content (AvgIpc) is 2.44. The molecule has 1 aromatic heterocycles. The van der Waals surface area contributed by atoms with E-state index in [1.165, 1.54) is 5.39 Å². The van der Waals surface area contributed by atoms with Crippen LogP contribution in [0.3, 0.4) is 0 Å². The quantitative estimate of drug-likeness (QED) is 0.818. The largest absolute Gasteiger partial charge is 0.353 e. The van der Waals surface area contributed by atoms with Gasteiger partial charge in [-0.2, -0.15) is 0 Å². The molecule has 2 rings (SSSR count). The van der Waals surface area contributed by atoms with E-state index in [-0.39, 0.29) is 0 Å². The van der Waals surface area contributed by atoms with Gasteiger partial charge in [-0.1, -0.05) is 30.3 Å². The highest BCUT2D eigenvalue weighted by Crippen LogP contribution is 2.26. The SMILES string of the molecule is C=CCN(CC)c1ncc(CN)c2ccccc12. The molecule has 0 bridgehead atoms. The number of aromatic nitrogens is 1. The fourth-order valence-electron chi connectivity index (χ4n) is 2.17. The topological polar surface area (TPSA) is 42.2 Å². The van der Waals surface area contributed by atoms with Crippen LogP contribution in [0.2, 0.25) is 0 Å². The first kappa shape index (κ1) is 12.6. The molecule has 0 aliphatic rings. The summed E-state index contributed by atoms with van der Waals surface area (Å²) in [4.78, 5) is 6.77. The number of nitrogens with two attached hydrogens (primary N) is 1. The summed E-state index contributed by atoms with van der Waals surface area (Å²) in [5.74, 6) is 1.00. The van der Waals surface area contributed by atoms with Crippen LogP contribution in [0, 0.1) is 0 Å². The van der Waals surface area contributed by atoms with Crippen molar-refractivity contribution < 1.29 is 0 Å². The van der Waals surface area contributed by atoms with Gasteiger partial charge in [-0.15, -0.1) is 6.58 Å². The van der Waals surface area contributed by atoms with Crippen LogP contribution in [0.5, 0.6) is 0 Å². The molecular weight excluding hydrogens is 222 g/mol. The molecule has 0 spiro atoms. The summed E-state index contributed by atoms with van der Waals surface area (Å²) >= 11 is 0. The first-order valence-corrected chi connectivity index (χ1v) is 6.24. The molecule has 18 heavy (non-hydrogen) atoms. The zero-order chi connectivity index (χ0) is 13.0. The van der Waals surface area contributed by atoms with Gasteiger partial charge < -0.3 is 10.6 Å². The van der Waals surface area contributed by atoms with Crippen molar-refractivity contribution in [2.45, 2.75) is 13.5 Å². The summed E-state index contributed by atoms with van der Waals surface area (Å²) in [7, 11) is 0. The molecule has 0 aliphatic heterocycles. The summed E-state index contributed by atoms with van der Waals surface area (Å²) in [6, 6.07) is 8.28. The Bertz CT molecular complexity index is 548. The molecule has 3 heteroatoms. The van der Waals surface area contributed by atoms with Crippen molar-refractivity contribution in [3.8, 4) is 0 Å². The molecule has 0 fully saturated rings. The van der Waals surface area contributed by atoms with Gasteiger partial charge in [0.25, 0.3) is 0 Å². The molecule has 94 valence electrons. The summed E-state index contributed by atoms with van der Waals surface area (Å²) in [6.07, 6.45) is 3.78. The zero-order valence-electron chi connectivity index (χ0n) is 10.8. The lowest BCUT2D eigenvalue weighted by Crippen LogP contribution is -2.24. The minimum Gasteiger partial charge on any atom is -0.353 e. The second kappa shape index (κ2) is 5.65. The Morgan fingerprint density at radius 3 is 2.67 bits per heavy atom. The van der Waals surface area contributed by atoms with Gasteiger partial charge in [0.15, 0.2) is 0 Å². The van der Waals surface area contributed by atoms with Gasteiger partial charge in [-0.25, -0.2) is 4.98 Å². The third kappa shape index (κ3) is 2.22. The van der Waals surface area contributed by atoms with Crippen molar-refractivity contribution in [1.82, 2.24) is 4.98 Å². The zero-order valence-corrected chi connectivity index (χ0v) is 10.8. The number of nitrogens with zero attached hydrogens (tertiary/aromatic N) is 2. The van der Waals surface area contributed by atoms with E-state index < -0.39 is 0 Å². The number of rotatable bonds is 5. The first-order valence-electron chi connectivity index (χ1n) is 6.24. The molecule has 0 amide bonds. The molecule has 0 atom stereocenters. The van der Waals surface area contributed by atoms with Crippen molar-refractivity contribution in [3.05, 3.63) is 48.7 Å². The molecular formula is C15H19N3. The molecule has 3 nitrogen and oxygen atoms in total. The van der Waals surface area contributed by atoms with Gasteiger partial charge in [-0.3, -0.25) is 0 Å². The molecule has 0 radical (unpaired) electrons. The predicted molar refractivity (Wildman–Crippen MR) is 77.7 cm³/mol. The summed E-state index contributed by atoms with van der Waals surface area (Å²) < 4.78 is 0. The third-order valence-corrected chi connectivity index (χ3v) is 3.11. The number of anilines is 1. The lowest BCUT2D eigenvalue weighted by atomic mass is 10.1. The van der Waals surface area contributed by atoms with E-state index in [1.54, 1.807) is 0 Å². The Hall–Kier alpha value is -1.87. The van der Waals surface area contributed by atoms with Gasteiger partial charge in [0.1, 0.15) is 5.82 Å². The van der Waals surface area contributed by atoms with Gasteiger partial charge in [-0.05, 0) is 17.9 Å². The minimum absolute atomic E-state index is 0.515. The maximum Gasteiger partial charge on any atom is 0.136 e. The Morgan fingerprint density at radius 2 is 2.06 bits per heavy atom. The van der Waals surface area contributed by atoms with Crippen molar-refractivity contribution >= 4 is 16.6 Å². The maximum absolute atomic E-state index is 5.76. The fourth-order valence-corrected chi connectivity index (χ4v) is 2.17. The van der Waals surface area contributed by atoms with Gasteiger partial charge >= 0.3 is 0 Å². The molecule has 2 N–H and O–H groups in total. The fraction of sp³-hybridized carbons (Fsp3) is 0.267. The van der Waals surface area contributed by atoms with E-state index in [0.717, 1.165) is 29.9 Å². The molecule has 0 saturated heterocycles. The summed E-state index contributed by atoms with van der Waals surface area (Å²) in [5.41, 5.74) is 6.85. The third-order valence-electron chi connectivity index (χ3n) is 3.11. The lowest BCUT2D eigenvalue weighted by molar-refractivity contribution is 0.886. The highest BCUT2D eigenvalue weighted by atomic mass is 15.2. The number of pyridine rings is 1. The highest BCUT2D eigenvalue weighted by molar-refractivity contribution is 5.94. The molecule has 2 aromatic rings. The Morgan fingerprint density at radius 1 is 1.33 bits per heavy atom. The molecule has 1 heterocycles. The van der Waals surface area contributed by atoms with E-state index in [9.17, 15) is 0 Å². The lowest BCUT2D eigenvalue weighted by Gasteiger charge is -2.22. The van der Waals surface area contributed by atoms with Crippen molar-refractivity contribution in [2.24, 2.45) is 5.73 Å². The molecule has 0 saturated carbocycles. The number of fused-ring (bicyclic) bond motifs is 1. The maximum atomic E-state index is 5.76. The van der Waals surface area contributed by atoms with Gasteiger partial charge in [0, 0.05) is 31.2 Å². The van der Waals surface area contributed by atoms with Crippen LogP contribution in [0.1, 0.15) is 12.5 Å². The Kier molecular flexibility index (Phi) is 3.95. The number of hydrogen-bond donors (Lipinski definition) is 1. The number of likely N-dealkylation sites (N-methyl/N-ethyl adjacent to an activating group) is 1. The first-order chi connectivity index (χ1) is 8.81. The van der Waals surface area contributed by atoms with E-state index in [0.29, 0.717) is 6.54 Å². The Balaban J connectivity index is 2.61. The number of benzene rings is 1. The van der Waals surface area contributed by atoms with Crippen LogP contribution < -0.4 is 10.6 Å². The standard InChI is InChI=1S/C15H19N3/c1-3-9-18(4-2)15-14-8-6-5-7-13(14)12(10-16)11-17-15/h3,5-8,11H,1,4,9-10,16H2,2H3. The normalized spacial score (nSPS) is 10.6. The van der Waals surface area contributed by atoms with E-state index >= 15 is 0 Å². The van der Waals surface area contributed by atoms with Crippen LogP contribution in [0.25, 0.3) is 10.8 Å². The van der Waals surface area contributed by atoms with Gasteiger partial charge in [0.05, 0.1) is 0 Å². The second-order valence-corrected chi connectivity index (χ2v) is 4.18. The van der Waals surface area contributed by atoms with Crippen LogP contribution >= 0.6 is 0 Å². The molecule has 0 unspecified atom stereocenters.